The van der Waals surface area contributed by atoms with E-state index in [1.165, 1.54) is 0 Å². The predicted octanol–water partition coefficient (Wildman–Crippen LogP) is -4.15. The second-order valence-corrected chi connectivity index (χ2v) is 0. The monoisotopic (exact) mass is 84.0 g/mol. The van der Waals surface area contributed by atoms with E-state index >= 15 is 0 Å². The quantitative estimate of drug-likeness (QED) is 0.275. The van der Waals surface area contributed by atoms with E-state index in [-0.39, 0.29) is 66.4 Å². The van der Waals surface area contributed by atoms with Gasteiger partial charge in [-0.15, -0.1) is 0 Å². The summed E-state index contributed by atoms with van der Waals surface area (Å²) in [6.07, 6.45) is 0. The molecule has 0 unspecified atom stereocenters. The molecule has 20 valence electrons. The topological polar surface area (TPSA) is 61.5 Å². The molecule has 0 saturated heterocycles. The largest absolute Gasteiger partial charge is 2.00 e. The summed E-state index contributed by atoms with van der Waals surface area (Å²) in [7, 11) is 0. The van der Waals surface area contributed by atoms with E-state index in [9.17, 15) is 0 Å². The van der Waals surface area contributed by atoms with Gasteiger partial charge in [0, 0.05) is 0 Å². The summed E-state index contributed by atoms with van der Waals surface area (Å²) in [4.78, 5) is 0. The maximum atomic E-state index is 0. The van der Waals surface area contributed by atoms with Crippen LogP contribution in [-0.4, -0.2) is 34.0 Å². The fraction of sp³-hybridized carbons (Fsp3) is 0. The van der Waals surface area contributed by atoms with Crippen LogP contribution in [0.15, 0.2) is 0 Å². The van der Waals surface area contributed by atoms with E-state index in [1.54, 1.807) is 0 Å². The van der Waals surface area contributed by atoms with E-state index < -0.39 is 0 Å². The normalized spacial score (nSPS) is 0. The van der Waals surface area contributed by atoms with Gasteiger partial charge in [-0.2, -0.15) is 0 Å². The van der Waals surface area contributed by atoms with Crippen molar-refractivity contribution in [3.05, 3.63) is 0 Å². The van der Waals surface area contributed by atoms with E-state index in [0.717, 1.165) is 0 Å². The molecule has 2 nitrogen and oxygen atoms in total. The van der Waals surface area contributed by atoms with Gasteiger partial charge in [-0.25, -0.2) is 0 Å². The molecule has 0 saturated carbocycles. The Morgan fingerprint density at radius 2 is 1.25 bits per heavy atom. The van der Waals surface area contributed by atoms with Gasteiger partial charge in [0.2, 0.25) is 0 Å². The van der Waals surface area contributed by atoms with Crippen LogP contribution < -0.4 is 29.6 Å². The van der Waals surface area contributed by atoms with Crippen molar-refractivity contribution in [2.75, 3.05) is 0 Å². The van der Waals surface area contributed by atoms with Crippen LogP contribution in [0.2, 0.25) is 0 Å². The molecule has 0 aromatic heterocycles. The summed E-state index contributed by atoms with van der Waals surface area (Å²) in [6.45, 7) is 0. The first-order valence-corrected chi connectivity index (χ1v) is 0. The van der Waals surface area contributed by atoms with Crippen LogP contribution in [0.25, 0.3) is 0 Å². The molecule has 0 bridgehead atoms. The SMILES string of the molecule is O.[H-].[H-].[Mg+2].[Na+].[OH-]. The van der Waals surface area contributed by atoms with Gasteiger partial charge < -0.3 is 13.8 Å². The minimum Gasteiger partial charge on any atom is -1.00 e. The van der Waals surface area contributed by atoms with Gasteiger partial charge in [-0.3, -0.25) is 0 Å². The summed E-state index contributed by atoms with van der Waals surface area (Å²) in [5.41, 5.74) is 0. The zero-order valence-electron chi connectivity index (χ0n) is 4.65. The molecule has 0 aromatic carbocycles. The van der Waals surface area contributed by atoms with Crippen LogP contribution in [0, 0.1) is 0 Å². The number of hydrogen-bond donors (Lipinski definition) is 0. The Kier molecular flexibility index (Phi) is 246. The maximum absolute atomic E-state index is 0. The van der Waals surface area contributed by atoms with Crippen molar-refractivity contribution in [3.8, 4) is 0 Å². The molecule has 4 heavy (non-hydrogen) atoms. The minimum atomic E-state index is 0. The molecule has 0 amide bonds. The summed E-state index contributed by atoms with van der Waals surface area (Å²) in [5, 5.41) is 0. The smallest absolute Gasteiger partial charge is 1.00 e. The molecule has 0 aliphatic heterocycles. The molecular weight excluding hydrogens is 79.3 g/mol. The third kappa shape index (κ3) is 9.35. The van der Waals surface area contributed by atoms with Crippen molar-refractivity contribution < 1.29 is 43.4 Å². The molecule has 0 aliphatic carbocycles. The average molecular weight is 84.3 g/mol. The Balaban J connectivity index is 0. The van der Waals surface area contributed by atoms with Gasteiger partial charge in [0.15, 0.2) is 0 Å². The second-order valence-electron chi connectivity index (χ2n) is 0. The molecule has 0 heterocycles. The summed E-state index contributed by atoms with van der Waals surface area (Å²) in [5.74, 6) is 0. The molecule has 0 fully saturated rings. The predicted molar refractivity (Wildman–Crippen MR) is 13.5 cm³/mol. The first-order valence-electron chi connectivity index (χ1n) is 0. The summed E-state index contributed by atoms with van der Waals surface area (Å²) < 4.78 is 0. The van der Waals surface area contributed by atoms with Crippen LogP contribution in [0.4, 0.5) is 0 Å². The van der Waals surface area contributed by atoms with Gasteiger partial charge in [0.1, 0.15) is 0 Å². The molecule has 0 spiro atoms. The van der Waals surface area contributed by atoms with Crippen molar-refractivity contribution in [1.82, 2.24) is 0 Å². The van der Waals surface area contributed by atoms with Crippen LogP contribution in [0.5, 0.6) is 0 Å². The molecule has 0 radical (unpaired) electrons. The average Bonchev–Trinajstić information content (AvgIpc) is 0. The third-order valence-corrected chi connectivity index (χ3v) is 0. The van der Waals surface area contributed by atoms with Crippen molar-refractivity contribution in [2.45, 2.75) is 0 Å². The van der Waals surface area contributed by atoms with E-state index in [0.29, 0.717) is 0 Å². The Morgan fingerprint density at radius 3 is 1.25 bits per heavy atom. The number of rotatable bonds is 0. The molecule has 0 rings (SSSR count). The third-order valence-electron chi connectivity index (χ3n) is 0. The van der Waals surface area contributed by atoms with Gasteiger partial charge in [0.25, 0.3) is 0 Å². The van der Waals surface area contributed by atoms with Crippen molar-refractivity contribution in [2.24, 2.45) is 0 Å². The number of hydrogen-bond acceptors (Lipinski definition) is 1. The Hall–Kier alpha value is 1.69. The van der Waals surface area contributed by atoms with E-state index in [4.69, 9.17) is 0 Å². The second kappa shape index (κ2) is 22.4. The van der Waals surface area contributed by atoms with Gasteiger partial charge in [0.05, 0.1) is 0 Å². The summed E-state index contributed by atoms with van der Waals surface area (Å²) in [6, 6.07) is 0. The zero-order chi connectivity index (χ0) is 0. The van der Waals surface area contributed by atoms with E-state index in [2.05, 4.69) is 0 Å². The Morgan fingerprint density at radius 1 is 1.25 bits per heavy atom. The van der Waals surface area contributed by atoms with Crippen LogP contribution in [-0.2, 0) is 0 Å². The fourth-order valence-electron chi connectivity index (χ4n) is 0. The van der Waals surface area contributed by atoms with Gasteiger partial charge >= 0.3 is 52.6 Å². The Labute approximate surface area is 66.0 Å². The summed E-state index contributed by atoms with van der Waals surface area (Å²) >= 11 is 0. The van der Waals surface area contributed by atoms with Crippen LogP contribution in [0.1, 0.15) is 2.85 Å². The van der Waals surface area contributed by atoms with Gasteiger partial charge in [-0.1, -0.05) is 0 Å². The molecule has 0 aliphatic rings. The molecular formula is H5MgNaO2. The fourth-order valence-corrected chi connectivity index (χ4v) is 0. The van der Waals surface area contributed by atoms with Crippen LogP contribution in [0.3, 0.4) is 0 Å². The van der Waals surface area contributed by atoms with Crippen LogP contribution >= 0.6 is 0 Å². The zero-order valence-corrected chi connectivity index (χ0v) is 6.07. The van der Waals surface area contributed by atoms with Gasteiger partial charge in [-0.05, 0) is 0 Å². The van der Waals surface area contributed by atoms with Crippen molar-refractivity contribution in [1.29, 1.82) is 0 Å². The first-order chi connectivity index (χ1) is 0. The minimum absolute atomic E-state index is 0. The standard InChI is InChI=1S/Mg.Na.2H2O.2H/h;;2*1H2;;/q+2;+1;;;2*-1/p-1. The molecule has 0 aromatic rings. The maximum Gasteiger partial charge on any atom is 2.00 e. The van der Waals surface area contributed by atoms with Crippen molar-refractivity contribution >= 4 is 23.1 Å². The molecule has 4 heteroatoms. The van der Waals surface area contributed by atoms with Crippen molar-refractivity contribution in [3.63, 3.8) is 0 Å². The Bertz CT molecular complexity index is 11.5. The molecule has 3 N–H and O–H groups in total. The molecule has 0 atom stereocenters. The first kappa shape index (κ1) is 43.9. The van der Waals surface area contributed by atoms with E-state index in [1.807, 2.05) is 0 Å².